The number of carbonyl (C=O) groups is 2. The van der Waals surface area contributed by atoms with Crippen LogP contribution in [-0.2, 0) is 36.1 Å². The number of benzene rings is 2. The van der Waals surface area contributed by atoms with Gasteiger partial charge in [-0.15, -0.1) is 11.6 Å². The zero-order chi connectivity index (χ0) is 30.4. The molecule has 0 unspecified atom stereocenters. The number of H-pyrrole nitrogens is 1. The molecule has 0 aliphatic carbocycles. The van der Waals surface area contributed by atoms with Crippen molar-refractivity contribution in [3.63, 3.8) is 0 Å². The zero-order valence-electron chi connectivity index (χ0n) is 23.7. The van der Waals surface area contributed by atoms with Gasteiger partial charge in [0.15, 0.2) is 5.69 Å². The van der Waals surface area contributed by atoms with Gasteiger partial charge in [-0.05, 0) is 35.4 Å². The van der Waals surface area contributed by atoms with Crippen LogP contribution in [0.5, 0.6) is 17.4 Å². The molecule has 0 amide bonds. The van der Waals surface area contributed by atoms with Gasteiger partial charge in [0.1, 0.15) is 23.8 Å². The van der Waals surface area contributed by atoms with Crippen molar-refractivity contribution in [1.29, 1.82) is 0 Å². The minimum Gasteiger partial charge on any atom is -0.497 e. The van der Waals surface area contributed by atoms with Crippen LogP contribution in [0.3, 0.4) is 0 Å². The Morgan fingerprint density at radius 3 is 1.80 bits per heavy atom. The topological polar surface area (TPSA) is 136 Å². The molecule has 12 nitrogen and oxygen atoms in total. The van der Waals surface area contributed by atoms with Crippen molar-refractivity contribution < 1.29 is 33.3 Å². The van der Waals surface area contributed by atoms with Crippen molar-refractivity contribution in [3.8, 4) is 17.4 Å². The van der Waals surface area contributed by atoms with Crippen molar-refractivity contribution in [2.45, 2.75) is 12.5 Å². The second-order valence-corrected chi connectivity index (χ2v) is 8.43. The van der Waals surface area contributed by atoms with Crippen LogP contribution in [0.15, 0.2) is 65.5 Å². The number of methoxy groups -OCH3 is 4. The molecule has 2 heterocycles. The number of nitrogens with one attached hydrogen (secondary N) is 1. The molecular weight excluding hydrogens is 556 g/mol. The van der Waals surface area contributed by atoms with E-state index in [9.17, 15) is 14.4 Å². The van der Waals surface area contributed by atoms with E-state index in [0.717, 1.165) is 22.6 Å². The second-order valence-electron chi connectivity index (χ2n) is 8.16. The van der Waals surface area contributed by atoms with Crippen molar-refractivity contribution >= 4 is 23.5 Å². The van der Waals surface area contributed by atoms with Crippen molar-refractivity contribution in [2.24, 2.45) is 14.1 Å². The molecule has 0 aliphatic heterocycles. The number of esters is 2. The molecule has 2 aromatic heterocycles. The average Bonchev–Trinajstić information content (AvgIpc) is 3.56. The van der Waals surface area contributed by atoms with Gasteiger partial charge in [-0.2, -0.15) is 5.10 Å². The highest BCUT2D eigenvalue weighted by molar-refractivity contribution is 6.17. The third-order valence-electron chi connectivity index (χ3n) is 5.38. The quantitative estimate of drug-likeness (QED) is 0.241. The molecule has 4 rings (SSSR count). The van der Waals surface area contributed by atoms with E-state index >= 15 is 0 Å². The Kier molecular flexibility index (Phi) is 13.0. The van der Waals surface area contributed by atoms with E-state index in [1.165, 1.54) is 36.7 Å². The summed E-state index contributed by atoms with van der Waals surface area (Å²) in [5.41, 5.74) is 2.24. The van der Waals surface area contributed by atoms with Crippen LogP contribution in [0.1, 0.15) is 32.1 Å². The van der Waals surface area contributed by atoms with Gasteiger partial charge < -0.3 is 23.7 Å². The monoisotopic (exact) mass is 588 g/mol. The molecule has 220 valence electrons. The molecule has 1 N–H and O–H groups in total. The summed E-state index contributed by atoms with van der Waals surface area (Å²) in [6, 6.07) is 18.0. The fourth-order valence-corrected chi connectivity index (χ4v) is 3.26. The maximum Gasteiger partial charge on any atom is 0.358 e. The lowest BCUT2D eigenvalue weighted by Gasteiger charge is -2.06. The fraction of sp³-hybridized carbons (Fsp3) is 0.286. The number of hydrogen-bond donors (Lipinski definition) is 1. The summed E-state index contributed by atoms with van der Waals surface area (Å²) in [6.45, 7) is 0.379. The van der Waals surface area contributed by atoms with E-state index in [4.69, 9.17) is 25.8 Å². The summed E-state index contributed by atoms with van der Waals surface area (Å²) in [5.74, 6) is 1.70. The maximum absolute atomic E-state index is 11.4. The minimum atomic E-state index is -0.539. The average molecular weight is 589 g/mol. The molecular formula is C28H33ClN4O8. The zero-order valence-corrected chi connectivity index (χ0v) is 24.4. The molecule has 0 saturated carbocycles. The summed E-state index contributed by atoms with van der Waals surface area (Å²) in [7, 11) is 9.07. The molecule has 0 aliphatic rings. The predicted molar refractivity (Wildman–Crippen MR) is 152 cm³/mol. The smallest absolute Gasteiger partial charge is 0.358 e. The van der Waals surface area contributed by atoms with Crippen LogP contribution in [0, 0.1) is 0 Å². The Bertz CT molecular complexity index is 1420. The van der Waals surface area contributed by atoms with E-state index in [2.05, 4.69) is 19.7 Å². The van der Waals surface area contributed by atoms with Gasteiger partial charge in [-0.3, -0.25) is 14.6 Å². The van der Waals surface area contributed by atoms with Gasteiger partial charge in [0.2, 0.25) is 5.88 Å². The van der Waals surface area contributed by atoms with Gasteiger partial charge in [0.25, 0.3) is 5.56 Å². The van der Waals surface area contributed by atoms with Gasteiger partial charge in [-0.25, -0.2) is 14.3 Å². The first-order valence-corrected chi connectivity index (χ1v) is 12.6. The van der Waals surface area contributed by atoms with Crippen molar-refractivity contribution in [2.75, 3.05) is 28.4 Å². The molecule has 0 atom stereocenters. The largest absolute Gasteiger partial charge is 0.497 e. The Morgan fingerprint density at radius 2 is 1.37 bits per heavy atom. The van der Waals surface area contributed by atoms with Gasteiger partial charge in [0, 0.05) is 32.1 Å². The van der Waals surface area contributed by atoms with Crippen molar-refractivity contribution in [1.82, 2.24) is 19.6 Å². The second kappa shape index (κ2) is 16.4. The number of hydrogen-bond acceptors (Lipinski definition) is 9. The molecule has 4 aromatic rings. The molecule has 2 aromatic carbocycles. The lowest BCUT2D eigenvalue weighted by molar-refractivity contribution is 0.0584. The van der Waals surface area contributed by atoms with Crippen LogP contribution < -0.4 is 19.8 Å². The van der Waals surface area contributed by atoms with Gasteiger partial charge in [-0.1, -0.05) is 24.3 Å². The minimum absolute atomic E-state index is 0.167. The Morgan fingerprint density at radius 1 is 0.829 bits per heavy atom. The standard InChI is InChI=1S/C14H16N2O4.C8H9ClO.C6H8N2O3/c1-16-13(8-12(15-16)14(17)19-3)20-9-10-4-6-11(18-2)7-5-10;1-10-8-4-2-7(6-9)3-5-8;1-8-5(9)3-4(7-8)6(10)11-2/h4-8H,9H2,1-3H3;2-5H,6H2,1H3;3,7H,1-2H3. The normalized spacial score (nSPS) is 9.83. The summed E-state index contributed by atoms with van der Waals surface area (Å²) >= 11 is 5.58. The fourth-order valence-electron chi connectivity index (χ4n) is 3.09. The number of aromatic nitrogens is 4. The van der Waals surface area contributed by atoms with Gasteiger partial charge >= 0.3 is 11.9 Å². The van der Waals surface area contributed by atoms with Gasteiger partial charge in [0.05, 0.1) is 28.4 Å². The molecule has 0 saturated heterocycles. The number of halogens is 1. The highest BCUT2D eigenvalue weighted by atomic mass is 35.5. The first-order chi connectivity index (χ1) is 19.6. The number of aromatic amines is 1. The number of aryl methyl sites for hydroxylation is 2. The molecule has 41 heavy (non-hydrogen) atoms. The van der Waals surface area contributed by atoms with E-state index in [-0.39, 0.29) is 16.9 Å². The first kappa shape index (κ1) is 32.5. The summed E-state index contributed by atoms with van der Waals surface area (Å²) in [5, 5.41) is 6.54. The third-order valence-corrected chi connectivity index (χ3v) is 5.69. The van der Waals surface area contributed by atoms with Crippen LogP contribution in [0.2, 0.25) is 0 Å². The van der Waals surface area contributed by atoms with E-state index in [1.54, 1.807) is 27.3 Å². The highest BCUT2D eigenvalue weighted by Crippen LogP contribution is 2.17. The van der Waals surface area contributed by atoms with Crippen LogP contribution >= 0.6 is 11.6 Å². The van der Waals surface area contributed by atoms with Crippen LogP contribution in [0.4, 0.5) is 0 Å². The van der Waals surface area contributed by atoms with Crippen LogP contribution in [-0.4, -0.2) is 59.9 Å². The molecule has 0 fully saturated rings. The molecule has 13 heteroatoms. The van der Waals surface area contributed by atoms with Crippen molar-refractivity contribution in [3.05, 3.63) is 93.5 Å². The molecule has 0 bridgehead atoms. The number of rotatable bonds is 8. The maximum atomic E-state index is 11.4. The number of alkyl halides is 1. The first-order valence-electron chi connectivity index (χ1n) is 12.1. The lowest BCUT2D eigenvalue weighted by Crippen LogP contribution is -2.10. The lowest BCUT2D eigenvalue weighted by atomic mass is 10.2. The number of carbonyl (C=O) groups excluding carboxylic acids is 2. The Balaban J connectivity index is 0.000000236. The SMILES string of the molecule is COC(=O)c1cc(=O)n(C)[nH]1.COC(=O)c1cc(OCc2ccc(OC)cc2)n(C)n1.COc1ccc(CCl)cc1. The third kappa shape index (κ3) is 10.1. The van der Waals surface area contributed by atoms with Crippen LogP contribution in [0.25, 0.3) is 0 Å². The summed E-state index contributed by atoms with van der Waals surface area (Å²) < 4.78 is 27.4. The Hall–Kier alpha value is -4.71. The predicted octanol–water partition coefficient (Wildman–Crippen LogP) is 3.73. The summed E-state index contributed by atoms with van der Waals surface area (Å²) in [6.07, 6.45) is 0. The van der Waals surface area contributed by atoms with E-state index in [1.807, 2.05) is 48.5 Å². The Labute approximate surface area is 242 Å². The summed E-state index contributed by atoms with van der Waals surface area (Å²) in [4.78, 5) is 32.9. The number of nitrogens with zero attached hydrogens (tertiary/aromatic N) is 3. The van der Waals surface area contributed by atoms with E-state index in [0.29, 0.717) is 18.4 Å². The number of ether oxygens (including phenoxy) is 5. The van der Waals surface area contributed by atoms with E-state index < -0.39 is 11.9 Å². The molecule has 0 radical (unpaired) electrons. The highest BCUT2D eigenvalue weighted by Gasteiger charge is 2.14. The molecule has 0 spiro atoms.